The maximum atomic E-state index is 11.2. The van der Waals surface area contributed by atoms with Gasteiger partial charge in [-0.15, -0.1) is 0 Å². The molecule has 0 saturated heterocycles. The van der Waals surface area contributed by atoms with Crippen LogP contribution in [0.15, 0.2) is 22.7 Å². The lowest BCUT2D eigenvalue weighted by atomic mass is 9.75. The lowest BCUT2D eigenvalue weighted by Crippen LogP contribution is -2.37. The van der Waals surface area contributed by atoms with Crippen molar-refractivity contribution in [3.63, 3.8) is 0 Å². The zero-order chi connectivity index (χ0) is 14.0. The average Bonchev–Trinajstić information content (AvgIpc) is 2.38. The van der Waals surface area contributed by atoms with Crippen molar-refractivity contribution in [3.05, 3.63) is 28.2 Å². The second-order valence-corrected chi connectivity index (χ2v) is 7.24. The molecule has 0 aliphatic heterocycles. The van der Waals surface area contributed by atoms with E-state index in [1.54, 1.807) is 0 Å². The summed E-state index contributed by atoms with van der Waals surface area (Å²) in [5.41, 5.74) is 2.28. The summed E-state index contributed by atoms with van der Waals surface area (Å²) in [6, 6.07) is 6.39. The molecule has 104 valence electrons. The number of halogens is 1. The van der Waals surface area contributed by atoms with Crippen LogP contribution >= 0.6 is 15.9 Å². The second kappa shape index (κ2) is 5.66. The van der Waals surface area contributed by atoms with E-state index in [1.807, 2.05) is 18.2 Å². The number of carbonyl (C=O) groups excluding carboxylic acids is 1. The van der Waals surface area contributed by atoms with Crippen LogP contribution in [0.25, 0.3) is 0 Å². The van der Waals surface area contributed by atoms with E-state index < -0.39 is 0 Å². The van der Waals surface area contributed by atoms with E-state index in [0.29, 0.717) is 11.5 Å². The van der Waals surface area contributed by atoms with Gasteiger partial charge in [-0.05, 0) is 49.3 Å². The number of carbonyl (C=O) groups is 1. The minimum Gasteiger partial charge on any atom is -0.371 e. The number of aldehydes is 1. The first kappa shape index (κ1) is 14.6. The van der Waals surface area contributed by atoms with Crippen molar-refractivity contribution in [3.8, 4) is 0 Å². The smallest absolute Gasteiger partial charge is 0.152 e. The fourth-order valence-electron chi connectivity index (χ4n) is 2.89. The average molecular weight is 324 g/mol. The molecule has 0 aromatic heterocycles. The van der Waals surface area contributed by atoms with Crippen LogP contribution in [-0.4, -0.2) is 19.4 Å². The standard InChI is InChI=1S/C16H22BrNO/c1-16(2)8-6-14(7-9-16)18(3)15-10-13(17)5-4-12(15)11-19/h4-5,10-11,14H,6-9H2,1-3H3. The molecule has 19 heavy (non-hydrogen) atoms. The predicted octanol–water partition coefficient (Wildman–Crippen LogP) is 4.67. The Bertz CT molecular complexity index is 460. The van der Waals surface area contributed by atoms with Gasteiger partial charge in [0.1, 0.15) is 0 Å². The Morgan fingerprint density at radius 3 is 2.53 bits per heavy atom. The van der Waals surface area contributed by atoms with Crippen LogP contribution in [0.4, 0.5) is 5.69 Å². The Labute approximate surface area is 124 Å². The molecule has 1 aliphatic carbocycles. The van der Waals surface area contributed by atoms with Crippen LogP contribution in [0.3, 0.4) is 0 Å². The monoisotopic (exact) mass is 323 g/mol. The van der Waals surface area contributed by atoms with Gasteiger partial charge in [0.15, 0.2) is 6.29 Å². The third-order valence-electron chi connectivity index (χ3n) is 4.36. The molecule has 2 rings (SSSR count). The lowest BCUT2D eigenvalue weighted by Gasteiger charge is -2.40. The predicted molar refractivity (Wildman–Crippen MR) is 84.0 cm³/mol. The molecule has 2 nitrogen and oxygen atoms in total. The molecule has 0 spiro atoms. The summed E-state index contributed by atoms with van der Waals surface area (Å²) >= 11 is 3.49. The third kappa shape index (κ3) is 3.38. The summed E-state index contributed by atoms with van der Waals surface area (Å²) in [4.78, 5) is 13.5. The van der Waals surface area contributed by atoms with Crippen molar-refractivity contribution in [2.24, 2.45) is 5.41 Å². The minimum atomic E-state index is 0.474. The van der Waals surface area contributed by atoms with Crippen LogP contribution in [0.5, 0.6) is 0 Å². The zero-order valence-corrected chi connectivity index (χ0v) is 13.5. The van der Waals surface area contributed by atoms with E-state index in [9.17, 15) is 4.79 Å². The summed E-state index contributed by atoms with van der Waals surface area (Å²) in [6.07, 6.45) is 5.87. The highest BCUT2D eigenvalue weighted by molar-refractivity contribution is 9.10. The largest absolute Gasteiger partial charge is 0.371 e. The lowest BCUT2D eigenvalue weighted by molar-refractivity contribution is 0.112. The maximum absolute atomic E-state index is 11.2. The van der Waals surface area contributed by atoms with Gasteiger partial charge in [0, 0.05) is 28.8 Å². The number of hydrogen-bond acceptors (Lipinski definition) is 2. The molecule has 0 bridgehead atoms. The molecule has 0 unspecified atom stereocenters. The van der Waals surface area contributed by atoms with Gasteiger partial charge in [-0.25, -0.2) is 0 Å². The molecule has 1 aliphatic rings. The Balaban J connectivity index is 2.18. The highest BCUT2D eigenvalue weighted by atomic mass is 79.9. The molecule has 3 heteroatoms. The number of nitrogens with zero attached hydrogens (tertiary/aromatic N) is 1. The van der Waals surface area contributed by atoms with E-state index in [0.717, 1.165) is 22.0 Å². The molecule has 0 amide bonds. The Morgan fingerprint density at radius 2 is 1.95 bits per heavy atom. The minimum absolute atomic E-state index is 0.474. The van der Waals surface area contributed by atoms with E-state index in [1.165, 1.54) is 25.7 Å². The summed E-state index contributed by atoms with van der Waals surface area (Å²) in [5, 5.41) is 0. The molecule has 1 aromatic carbocycles. The van der Waals surface area contributed by atoms with Crippen LogP contribution in [0.1, 0.15) is 49.9 Å². The van der Waals surface area contributed by atoms with Crippen LogP contribution in [-0.2, 0) is 0 Å². The number of rotatable bonds is 3. The Kier molecular flexibility index (Phi) is 4.34. The van der Waals surface area contributed by atoms with Crippen LogP contribution < -0.4 is 4.90 Å². The van der Waals surface area contributed by atoms with Gasteiger partial charge < -0.3 is 4.90 Å². The van der Waals surface area contributed by atoms with Crippen molar-refractivity contribution >= 4 is 27.9 Å². The first-order chi connectivity index (χ1) is 8.93. The second-order valence-electron chi connectivity index (χ2n) is 6.33. The molecule has 0 heterocycles. The van der Waals surface area contributed by atoms with Crippen molar-refractivity contribution in [2.75, 3.05) is 11.9 Å². The van der Waals surface area contributed by atoms with Crippen LogP contribution in [0.2, 0.25) is 0 Å². The van der Waals surface area contributed by atoms with Gasteiger partial charge in [-0.3, -0.25) is 4.79 Å². The Morgan fingerprint density at radius 1 is 1.32 bits per heavy atom. The topological polar surface area (TPSA) is 20.3 Å². The first-order valence-electron chi connectivity index (χ1n) is 6.90. The highest BCUT2D eigenvalue weighted by Gasteiger charge is 2.29. The molecule has 1 aromatic rings. The summed E-state index contributed by atoms with van der Waals surface area (Å²) < 4.78 is 1.02. The first-order valence-corrected chi connectivity index (χ1v) is 7.70. The zero-order valence-electron chi connectivity index (χ0n) is 11.9. The normalized spacial score (nSPS) is 19.2. The number of anilines is 1. The van der Waals surface area contributed by atoms with Crippen LogP contribution in [0, 0.1) is 5.41 Å². The summed E-state index contributed by atoms with van der Waals surface area (Å²) in [5.74, 6) is 0. The fraction of sp³-hybridized carbons (Fsp3) is 0.562. The quantitative estimate of drug-likeness (QED) is 0.753. The van der Waals surface area contributed by atoms with Gasteiger partial charge in [-0.1, -0.05) is 29.8 Å². The molecule has 0 atom stereocenters. The SMILES string of the molecule is CN(c1cc(Br)ccc1C=O)C1CCC(C)(C)CC1. The number of hydrogen-bond donors (Lipinski definition) is 0. The van der Waals surface area contributed by atoms with Gasteiger partial charge >= 0.3 is 0 Å². The fourth-order valence-corrected chi connectivity index (χ4v) is 3.24. The van der Waals surface area contributed by atoms with Gasteiger partial charge in [0.2, 0.25) is 0 Å². The molecule has 0 N–H and O–H groups in total. The molecular formula is C16H22BrNO. The van der Waals surface area contributed by atoms with Crippen molar-refractivity contribution in [1.82, 2.24) is 0 Å². The van der Waals surface area contributed by atoms with Crippen molar-refractivity contribution in [1.29, 1.82) is 0 Å². The van der Waals surface area contributed by atoms with E-state index in [-0.39, 0.29) is 0 Å². The van der Waals surface area contributed by atoms with Gasteiger partial charge in [0.25, 0.3) is 0 Å². The summed E-state index contributed by atoms with van der Waals surface area (Å²) in [6.45, 7) is 4.69. The maximum Gasteiger partial charge on any atom is 0.152 e. The van der Waals surface area contributed by atoms with E-state index in [4.69, 9.17) is 0 Å². The molecular weight excluding hydrogens is 302 g/mol. The molecule has 1 fully saturated rings. The van der Waals surface area contributed by atoms with Gasteiger partial charge in [0.05, 0.1) is 0 Å². The van der Waals surface area contributed by atoms with Crippen molar-refractivity contribution in [2.45, 2.75) is 45.6 Å². The summed E-state index contributed by atoms with van der Waals surface area (Å²) in [7, 11) is 2.11. The van der Waals surface area contributed by atoms with E-state index >= 15 is 0 Å². The third-order valence-corrected chi connectivity index (χ3v) is 4.85. The number of benzene rings is 1. The van der Waals surface area contributed by atoms with E-state index in [2.05, 4.69) is 41.7 Å². The highest BCUT2D eigenvalue weighted by Crippen LogP contribution is 2.38. The Hall–Kier alpha value is -0.830. The van der Waals surface area contributed by atoms with Crippen molar-refractivity contribution < 1.29 is 4.79 Å². The molecule has 0 radical (unpaired) electrons. The van der Waals surface area contributed by atoms with Gasteiger partial charge in [-0.2, -0.15) is 0 Å². The molecule has 1 saturated carbocycles.